The van der Waals surface area contributed by atoms with Crippen LogP contribution in [0.25, 0.3) is 11.4 Å². The number of carbonyl (C=O) groups is 2. The third kappa shape index (κ3) is 4.60. The highest BCUT2D eigenvalue weighted by atomic mass is 16.2. The monoisotopic (exact) mass is 339 g/mol. The van der Waals surface area contributed by atoms with Crippen molar-refractivity contribution < 1.29 is 9.59 Å². The molecule has 130 valence electrons. The van der Waals surface area contributed by atoms with E-state index in [1.54, 1.807) is 12.4 Å². The molecule has 1 aromatic carbocycles. The number of hydrogen-bond acceptors (Lipinski definition) is 5. The van der Waals surface area contributed by atoms with Crippen LogP contribution in [0.5, 0.6) is 0 Å². The Kier molecular flexibility index (Phi) is 5.35. The van der Waals surface area contributed by atoms with Gasteiger partial charge >= 0.3 is 0 Å². The molecule has 3 rings (SSSR count). The van der Waals surface area contributed by atoms with Crippen LogP contribution in [-0.4, -0.2) is 52.4 Å². The Morgan fingerprint density at radius 2 is 1.76 bits per heavy atom. The molecule has 0 aliphatic carbocycles. The van der Waals surface area contributed by atoms with E-state index in [4.69, 9.17) is 5.73 Å². The third-order valence-electron chi connectivity index (χ3n) is 4.25. The molecule has 25 heavy (non-hydrogen) atoms. The molecule has 0 saturated carbocycles. The van der Waals surface area contributed by atoms with Crippen LogP contribution in [0.3, 0.4) is 0 Å². The average molecular weight is 339 g/mol. The van der Waals surface area contributed by atoms with Crippen molar-refractivity contribution >= 4 is 11.8 Å². The minimum absolute atomic E-state index is 0.0884. The number of rotatable bonds is 5. The first-order valence-electron chi connectivity index (χ1n) is 8.31. The van der Waals surface area contributed by atoms with Gasteiger partial charge in [0.15, 0.2) is 5.82 Å². The van der Waals surface area contributed by atoms with Crippen LogP contribution in [0.1, 0.15) is 23.2 Å². The van der Waals surface area contributed by atoms with Crippen LogP contribution in [0.4, 0.5) is 0 Å². The van der Waals surface area contributed by atoms with Gasteiger partial charge in [-0.05, 0) is 12.8 Å². The Balaban J connectivity index is 1.54. The molecule has 7 nitrogen and oxygen atoms in total. The second kappa shape index (κ2) is 7.85. The molecule has 3 N–H and O–H groups in total. The number of nitrogens with zero attached hydrogens (tertiary/aromatic N) is 3. The van der Waals surface area contributed by atoms with Gasteiger partial charge in [0.2, 0.25) is 5.91 Å². The number of primary amides is 1. The zero-order chi connectivity index (χ0) is 17.6. The first-order chi connectivity index (χ1) is 12.1. The lowest BCUT2D eigenvalue weighted by atomic mass is 10.0. The fourth-order valence-electron chi connectivity index (χ4n) is 2.91. The fraction of sp³-hybridized carbons (Fsp3) is 0.333. The average Bonchev–Trinajstić information content (AvgIpc) is 2.64. The molecule has 0 spiro atoms. The minimum Gasteiger partial charge on any atom is -0.369 e. The quantitative estimate of drug-likeness (QED) is 0.840. The number of carbonyl (C=O) groups excluding carboxylic acids is 2. The predicted octanol–water partition coefficient (Wildman–Crippen LogP) is 0.823. The van der Waals surface area contributed by atoms with E-state index in [0.29, 0.717) is 11.4 Å². The summed E-state index contributed by atoms with van der Waals surface area (Å²) in [6, 6.07) is 9.71. The lowest BCUT2D eigenvalue weighted by Crippen LogP contribution is -2.46. The normalized spacial score (nSPS) is 15.7. The smallest absolute Gasteiger partial charge is 0.254 e. The molecule has 1 aliphatic rings. The second-order valence-corrected chi connectivity index (χ2v) is 6.15. The fourth-order valence-corrected chi connectivity index (χ4v) is 2.91. The Bertz CT molecular complexity index is 725. The molecule has 0 radical (unpaired) electrons. The van der Waals surface area contributed by atoms with Crippen molar-refractivity contribution in [1.29, 1.82) is 0 Å². The van der Waals surface area contributed by atoms with Gasteiger partial charge in [0.05, 0.1) is 12.1 Å². The third-order valence-corrected chi connectivity index (χ3v) is 4.25. The van der Waals surface area contributed by atoms with Crippen LogP contribution >= 0.6 is 0 Å². The van der Waals surface area contributed by atoms with Crippen LogP contribution in [-0.2, 0) is 4.79 Å². The maximum atomic E-state index is 12.3. The first-order valence-corrected chi connectivity index (χ1v) is 8.31. The molecule has 0 unspecified atom stereocenters. The van der Waals surface area contributed by atoms with E-state index in [1.807, 2.05) is 35.2 Å². The molecule has 2 aromatic rings. The molecular weight excluding hydrogens is 318 g/mol. The number of nitrogens with one attached hydrogen (secondary N) is 1. The summed E-state index contributed by atoms with van der Waals surface area (Å²) < 4.78 is 0. The van der Waals surface area contributed by atoms with Crippen LogP contribution in [0, 0.1) is 0 Å². The van der Waals surface area contributed by atoms with E-state index in [2.05, 4.69) is 15.3 Å². The van der Waals surface area contributed by atoms with Crippen LogP contribution < -0.4 is 11.1 Å². The maximum absolute atomic E-state index is 12.3. The largest absolute Gasteiger partial charge is 0.369 e. The van der Waals surface area contributed by atoms with Crippen molar-refractivity contribution in [3.8, 4) is 11.4 Å². The summed E-state index contributed by atoms with van der Waals surface area (Å²) in [5.41, 5.74) is 6.56. The summed E-state index contributed by atoms with van der Waals surface area (Å²) in [6.07, 6.45) is 4.68. The van der Waals surface area contributed by atoms with E-state index in [9.17, 15) is 9.59 Å². The van der Waals surface area contributed by atoms with Gasteiger partial charge < -0.3 is 11.1 Å². The number of amides is 2. The summed E-state index contributed by atoms with van der Waals surface area (Å²) in [5, 5.41) is 3.01. The molecule has 1 saturated heterocycles. The molecule has 0 bridgehead atoms. The zero-order valence-corrected chi connectivity index (χ0v) is 13.9. The lowest BCUT2D eigenvalue weighted by Gasteiger charge is -2.31. The highest BCUT2D eigenvalue weighted by molar-refractivity contribution is 5.93. The van der Waals surface area contributed by atoms with E-state index >= 15 is 0 Å². The molecule has 2 heterocycles. The van der Waals surface area contributed by atoms with Gasteiger partial charge in [0.1, 0.15) is 0 Å². The van der Waals surface area contributed by atoms with Gasteiger partial charge in [-0.15, -0.1) is 0 Å². The van der Waals surface area contributed by atoms with Gasteiger partial charge in [-0.1, -0.05) is 30.3 Å². The lowest BCUT2D eigenvalue weighted by molar-refractivity contribution is -0.119. The Morgan fingerprint density at radius 1 is 1.12 bits per heavy atom. The number of piperidine rings is 1. The molecule has 7 heteroatoms. The molecule has 2 amide bonds. The molecule has 0 atom stereocenters. The summed E-state index contributed by atoms with van der Waals surface area (Å²) in [5.74, 6) is 0.100. The molecule has 1 aliphatic heterocycles. The van der Waals surface area contributed by atoms with Gasteiger partial charge in [-0.25, -0.2) is 9.97 Å². The van der Waals surface area contributed by atoms with E-state index < -0.39 is 0 Å². The Labute approximate surface area is 146 Å². The number of nitrogens with two attached hydrogens (primary N) is 1. The van der Waals surface area contributed by atoms with E-state index in [1.165, 1.54) is 0 Å². The number of hydrogen-bond donors (Lipinski definition) is 2. The SMILES string of the molecule is NC(=O)CN1CCC(NC(=O)c2cnc(-c3ccccc3)nc2)CC1. The van der Waals surface area contributed by atoms with Gasteiger partial charge in [0.25, 0.3) is 5.91 Å². The molecule has 1 aromatic heterocycles. The number of aromatic nitrogens is 2. The van der Waals surface area contributed by atoms with Crippen molar-refractivity contribution in [2.75, 3.05) is 19.6 Å². The highest BCUT2D eigenvalue weighted by Crippen LogP contribution is 2.14. The summed E-state index contributed by atoms with van der Waals surface area (Å²) in [7, 11) is 0. The van der Waals surface area contributed by atoms with E-state index in [-0.39, 0.29) is 24.4 Å². The van der Waals surface area contributed by atoms with Gasteiger partial charge in [0, 0.05) is 37.1 Å². The number of benzene rings is 1. The standard InChI is InChI=1S/C18H21N5O2/c19-16(24)12-23-8-6-15(7-9-23)22-18(25)14-10-20-17(21-11-14)13-4-2-1-3-5-13/h1-5,10-11,15H,6-9,12H2,(H2,19,24)(H,22,25). The minimum atomic E-state index is -0.321. The summed E-state index contributed by atoms with van der Waals surface area (Å²) >= 11 is 0. The maximum Gasteiger partial charge on any atom is 0.254 e. The topological polar surface area (TPSA) is 101 Å². The van der Waals surface area contributed by atoms with Crippen molar-refractivity contribution in [3.05, 3.63) is 48.3 Å². The van der Waals surface area contributed by atoms with Crippen molar-refractivity contribution in [3.63, 3.8) is 0 Å². The van der Waals surface area contributed by atoms with Gasteiger partial charge in [-0.2, -0.15) is 0 Å². The van der Waals surface area contributed by atoms with Crippen LogP contribution in [0.2, 0.25) is 0 Å². The van der Waals surface area contributed by atoms with E-state index in [0.717, 1.165) is 31.5 Å². The van der Waals surface area contributed by atoms with Crippen molar-refractivity contribution in [1.82, 2.24) is 20.2 Å². The highest BCUT2D eigenvalue weighted by Gasteiger charge is 2.22. The van der Waals surface area contributed by atoms with Crippen LogP contribution in [0.15, 0.2) is 42.7 Å². The zero-order valence-electron chi connectivity index (χ0n) is 13.9. The number of likely N-dealkylation sites (tertiary alicyclic amines) is 1. The molecule has 1 fully saturated rings. The Morgan fingerprint density at radius 3 is 2.36 bits per heavy atom. The first kappa shape index (κ1) is 17.0. The van der Waals surface area contributed by atoms with Crippen molar-refractivity contribution in [2.45, 2.75) is 18.9 Å². The molecular formula is C18H21N5O2. The van der Waals surface area contributed by atoms with Crippen molar-refractivity contribution in [2.24, 2.45) is 5.73 Å². The second-order valence-electron chi connectivity index (χ2n) is 6.15. The predicted molar refractivity (Wildman–Crippen MR) is 93.6 cm³/mol. The van der Waals surface area contributed by atoms with Gasteiger partial charge in [-0.3, -0.25) is 14.5 Å². The summed E-state index contributed by atoms with van der Waals surface area (Å²) in [4.78, 5) is 33.8. The Hall–Kier alpha value is -2.80. The summed E-state index contributed by atoms with van der Waals surface area (Å²) in [6.45, 7) is 1.77.